The Hall–Kier alpha value is -4.37. The van der Waals surface area contributed by atoms with E-state index in [1.165, 1.54) is 23.5 Å². The molecule has 0 saturated carbocycles. The van der Waals surface area contributed by atoms with E-state index in [9.17, 15) is 19.7 Å². The Bertz CT molecular complexity index is 1530. The lowest BCUT2D eigenvalue weighted by Crippen LogP contribution is -2.28. The van der Waals surface area contributed by atoms with Crippen molar-refractivity contribution in [3.63, 3.8) is 0 Å². The number of thiophene rings is 1. The van der Waals surface area contributed by atoms with Crippen LogP contribution in [0.15, 0.2) is 66.0 Å². The maximum Gasteiger partial charge on any atom is 0.339 e. The van der Waals surface area contributed by atoms with Gasteiger partial charge >= 0.3 is 5.97 Å². The van der Waals surface area contributed by atoms with E-state index in [0.29, 0.717) is 40.7 Å². The minimum Gasteiger partial charge on any atom is -0.452 e. The highest BCUT2D eigenvalue weighted by Gasteiger charge is 2.26. The first-order chi connectivity index (χ1) is 18.0. The van der Waals surface area contributed by atoms with Gasteiger partial charge in [0.05, 0.1) is 28.2 Å². The monoisotopic (exact) mass is 513 g/mol. The molecule has 0 fully saturated rings. The number of carbonyl (C=O) groups excluding carboxylic acids is 2. The van der Waals surface area contributed by atoms with E-state index >= 15 is 0 Å². The van der Waals surface area contributed by atoms with Gasteiger partial charge in [-0.2, -0.15) is 0 Å². The van der Waals surface area contributed by atoms with Gasteiger partial charge in [-0.25, -0.2) is 9.78 Å². The van der Waals surface area contributed by atoms with Crippen molar-refractivity contribution in [2.75, 3.05) is 6.61 Å². The third-order valence-electron chi connectivity index (χ3n) is 6.17. The summed E-state index contributed by atoms with van der Waals surface area (Å²) in [6.07, 6.45) is 4.03. The lowest BCUT2D eigenvalue weighted by molar-refractivity contribution is -0.384. The summed E-state index contributed by atoms with van der Waals surface area (Å²) in [6, 6.07) is 17.6. The number of rotatable bonds is 7. The molecule has 2 aromatic carbocycles. The van der Waals surface area contributed by atoms with Crippen molar-refractivity contribution >= 4 is 51.5 Å². The zero-order valence-corrected chi connectivity index (χ0v) is 20.6. The topological polar surface area (TPSA) is 111 Å². The van der Waals surface area contributed by atoms with E-state index in [1.807, 2.05) is 47.9 Å². The minimum absolute atomic E-state index is 0.0125. The van der Waals surface area contributed by atoms with Gasteiger partial charge in [0.2, 0.25) is 0 Å². The molecule has 2 heterocycles. The SMILES string of the molecule is O=C(COC(=O)c1c2c(nc3ccccc13)/C(=C/c1cccc([N+](=O)[O-])c1)CCC2)NCc1cccs1. The van der Waals surface area contributed by atoms with Crippen molar-refractivity contribution in [2.24, 2.45) is 0 Å². The van der Waals surface area contributed by atoms with Gasteiger partial charge in [-0.15, -0.1) is 11.3 Å². The molecule has 9 heteroatoms. The number of fused-ring (bicyclic) bond motifs is 2. The summed E-state index contributed by atoms with van der Waals surface area (Å²) < 4.78 is 5.46. The number of nitro benzene ring substituents is 1. The molecule has 8 nitrogen and oxygen atoms in total. The quantitative estimate of drug-likeness (QED) is 0.197. The second-order valence-electron chi connectivity index (χ2n) is 8.64. The molecule has 2 aromatic heterocycles. The van der Waals surface area contributed by atoms with E-state index in [-0.39, 0.29) is 18.2 Å². The van der Waals surface area contributed by atoms with Crippen molar-refractivity contribution in [3.8, 4) is 0 Å². The van der Waals surface area contributed by atoms with Crippen LogP contribution in [0.4, 0.5) is 5.69 Å². The van der Waals surface area contributed by atoms with Gasteiger partial charge in [-0.05, 0) is 59.6 Å². The Kier molecular flexibility index (Phi) is 7.04. The lowest BCUT2D eigenvalue weighted by atomic mass is 9.86. The van der Waals surface area contributed by atoms with E-state index in [0.717, 1.165) is 28.9 Å². The van der Waals surface area contributed by atoms with Gasteiger partial charge in [0, 0.05) is 22.4 Å². The summed E-state index contributed by atoms with van der Waals surface area (Å²) in [4.78, 5) is 42.3. The highest BCUT2D eigenvalue weighted by atomic mass is 32.1. The van der Waals surface area contributed by atoms with E-state index < -0.39 is 10.9 Å². The first kappa shape index (κ1) is 24.3. The van der Waals surface area contributed by atoms with Crippen LogP contribution in [0.1, 0.15) is 44.9 Å². The molecule has 1 aliphatic rings. The molecule has 37 heavy (non-hydrogen) atoms. The molecule has 5 rings (SSSR count). The summed E-state index contributed by atoms with van der Waals surface area (Å²) in [5.41, 5.74) is 4.11. The number of pyridine rings is 1. The standard InChI is InChI=1S/C28H23N3O5S/c32-25(29-16-21-9-5-13-37-21)17-36-28(33)26-22-10-1-2-12-24(22)30-27-19(7-4-11-23(26)27)14-18-6-3-8-20(15-18)31(34)35/h1-3,5-6,8-10,12-15H,4,7,11,16-17H2,(H,29,32)/b19-14+. The van der Waals surface area contributed by atoms with Gasteiger partial charge in [0.1, 0.15) is 0 Å². The number of benzene rings is 2. The Morgan fingerprint density at radius 3 is 2.78 bits per heavy atom. The molecule has 0 unspecified atom stereocenters. The highest BCUT2D eigenvalue weighted by molar-refractivity contribution is 7.09. The molecule has 0 radical (unpaired) electrons. The van der Waals surface area contributed by atoms with Gasteiger partial charge < -0.3 is 10.1 Å². The first-order valence-electron chi connectivity index (χ1n) is 11.8. The van der Waals surface area contributed by atoms with Crippen LogP contribution in [-0.4, -0.2) is 28.4 Å². The maximum absolute atomic E-state index is 13.3. The third kappa shape index (κ3) is 5.41. The number of non-ortho nitro benzene ring substituents is 1. The predicted octanol–water partition coefficient (Wildman–Crippen LogP) is 5.55. The van der Waals surface area contributed by atoms with Crippen molar-refractivity contribution < 1.29 is 19.2 Å². The van der Waals surface area contributed by atoms with Gasteiger partial charge in [0.25, 0.3) is 11.6 Å². The van der Waals surface area contributed by atoms with Gasteiger partial charge in [-0.3, -0.25) is 14.9 Å². The molecule has 1 amide bonds. The number of hydrogen-bond acceptors (Lipinski definition) is 7. The van der Waals surface area contributed by atoms with E-state index in [4.69, 9.17) is 9.72 Å². The Morgan fingerprint density at radius 2 is 1.97 bits per heavy atom. The highest BCUT2D eigenvalue weighted by Crippen LogP contribution is 2.36. The minimum atomic E-state index is -0.572. The van der Waals surface area contributed by atoms with Crippen LogP contribution in [0.25, 0.3) is 22.6 Å². The molecule has 1 aliphatic carbocycles. The number of carbonyl (C=O) groups is 2. The molecule has 0 aliphatic heterocycles. The van der Waals surface area contributed by atoms with E-state index in [2.05, 4.69) is 5.32 Å². The number of ether oxygens (including phenoxy) is 1. The smallest absolute Gasteiger partial charge is 0.339 e. The van der Waals surface area contributed by atoms with Crippen LogP contribution in [0.2, 0.25) is 0 Å². The van der Waals surface area contributed by atoms with Gasteiger partial charge in [-0.1, -0.05) is 36.4 Å². The fraction of sp³-hybridized carbons (Fsp3) is 0.179. The number of amides is 1. The van der Waals surface area contributed by atoms with Crippen LogP contribution < -0.4 is 5.32 Å². The normalized spacial score (nSPS) is 13.8. The summed E-state index contributed by atoms with van der Waals surface area (Å²) >= 11 is 1.54. The summed E-state index contributed by atoms with van der Waals surface area (Å²) in [7, 11) is 0. The largest absolute Gasteiger partial charge is 0.452 e. The second-order valence-corrected chi connectivity index (χ2v) is 9.67. The molecule has 0 spiro atoms. The number of hydrogen-bond donors (Lipinski definition) is 1. The van der Waals surface area contributed by atoms with Crippen LogP contribution in [0.3, 0.4) is 0 Å². The third-order valence-corrected chi connectivity index (χ3v) is 7.05. The molecular formula is C28H23N3O5S. The van der Waals surface area contributed by atoms with Crippen molar-refractivity contribution in [1.29, 1.82) is 0 Å². The first-order valence-corrected chi connectivity index (χ1v) is 12.7. The zero-order valence-electron chi connectivity index (χ0n) is 19.8. The van der Waals surface area contributed by atoms with Crippen molar-refractivity contribution in [1.82, 2.24) is 10.3 Å². The number of nitrogens with one attached hydrogen (secondary N) is 1. The van der Waals surface area contributed by atoms with Crippen molar-refractivity contribution in [2.45, 2.75) is 25.8 Å². The molecule has 0 bridgehead atoms. The fourth-order valence-electron chi connectivity index (χ4n) is 4.49. The number of esters is 1. The lowest BCUT2D eigenvalue weighted by Gasteiger charge is -2.22. The van der Waals surface area contributed by atoms with Crippen LogP contribution in [0.5, 0.6) is 0 Å². The number of nitro groups is 1. The Labute approximate surface area is 216 Å². The summed E-state index contributed by atoms with van der Waals surface area (Å²) in [5.74, 6) is -0.946. The maximum atomic E-state index is 13.3. The fourth-order valence-corrected chi connectivity index (χ4v) is 5.14. The second kappa shape index (κ2) is 10.7. The van der Waals surface area contributed by atoms with Crippen LogP contribution in [0, 0.1) is 10.1 Å². The Morgan fingerprint density at radius 1 is 1.11 bits per heavy atom. The molecule has 4 aromatic rings. The molecular weight excluding hydrogens is 490 g/mol. The molecule has 1 N–H and O–H groups in total. The summed E-state index contributed by atoms with van der Waals surface area (Å²) in [5, 5.41) is 16.6. The average molecular weight is 514 g/mol. The predicted molar refractivity (Wildman–Crippen MR) is 142 cm³/mol. The van der Waals surface area contributed by atoms with Gasteiger partial charge in [0.15, 0.2) is 6.61 Å². The zero-order chi connectivity index (χ0) is 25.8. The Balaban J connectivity index is 1.45. The number of aromatic nitrogens is 1. The number of para-hydroxylation sites is 1. The summed E-state index contributed by atoms with van der Waals surface area (Å²) in [6.45, 7) is -0.000546. The molecule has 0 saturated heterocycles. The van der Waals surface area contributed by atoms with E-state index in [1.54, 1.807) is 12.1 Å². The molecule has 186 valence electrons. The van der Waals surface area contributed by atoms with Crippen molar-refractivity contribution in [3.05, 3.63) is 103 Å². The molecule has 0 atom stereocenters. The van der Waals surface area contributed by atoms with Crippen LogP contribution in [-0.2, 0) is 22.5 Å². The number of allylic oxidation sites excluding steroid dienone is 1. The number of nitrogens with zero attached hydrogens (tertiary/aromatic N) is 2. The average Bonchev–Trinajstić information content (AvgIpc) is 3.43. The van der Waals surface area contributed by atoms with Crippen LogP contribution >= 0.6 is 11.3 Å².